The third-order valence-corrected chi connectivity index (χ3v) is 2.00. The van der Waals surface area contributed by atoms with Gasteiger partial charge in [0.05, 0.1) is 12.2 Å². The van der Waals surface area contributed by atoms with Gasteiger partial charge in [-0.15, -0.1) is 0 Å². The van der Waals surface area contributed by atoms with Crippen LogP contribution in [0.15, 0.2) is 0 Å². The van der Waals surface area contributed by atoms with Gasteiger partial charge in [0, 0.05) is 20.1 Å². The number of rotatable bonds is 1. The highest BCUT2D eigenvalue weighted by Crippen LogP contribution is 2.21. The Hall–Kier alpha value is -0.120. The summed E-state index contributed by atoms with van der Waals surface area (Å²) in [5.74, 6) is 0. The molecule has 1 N–H and O–H groups in total. The number of methoxy groups -OCH3 is 1. The lowest BCUT2D eigenvalue weighted by Gasteiger charge is -2.35. The van der Waals surface area contributed by atoms with Crippen LogP contribution in [-0.2, 0) is 9.47 Å². The normalized spacial score (nSPS) is 41.7. The van der Waals surface area contributed by atoms with Crippen LogP contribution in [0.3, 0.4) is 0 Å². The first kappa shape index (κ1) is 7.98. The Kier molecular flexibility index (Phi) is 2.28. The number of hydrogen-bond donors (Lipinski definition) is 1. The van der Waals surface area contributed by atoms with Crippen LogP contribution in [-0.4, -0.2) is 37.1 Å². The molecular weight excluding hydrogens is 132 g/mol. The highest BCUT2D eigenvalue weighted by Gasteiger charge is 2.34. The van der Waals surface area contributed by atoms with Crippen molar-refractivity contribution in [2.45, 2.75) is 25.0 Å². The van der Waals surface area contributed by atoms with Crippen molar-refractivity contribution >= 4 is 0 Å². The highest BCUT2D eigenvalue weighted by atomic mass is 16.5. The summed E-state index contributed by atoms with van der Waals surface area (Å²) in [6.45, 7) is 2.92. The molecule has 3 nitrogen and oxygen atoms in total. The van der Waals surface area contributed by atoms with Crippen molar-refractivity contribution in [2.75, 3.05) is 20.3 Å². The van der Waals surface area contributed by atoms with Gasteiger partial charge < -0.3 is 14.6 Å². The molecule has 1 aliphatic rings. The van der Waals surface area contributed by atoms with Crippen molar-refractivity contribution in [1.82, 2.24) is 0 Å². The zero-order valence-electron chi connectivity index (χ0n) is 6.46. The van der Waals surface area contributed by atoms with Crippen LogP contribution in [0.1, 0.15) is 13.3 Å². The molecule has 0 unspecified atom stereocenters. The zero-order chi connectivity index (χ0) is 7.61. The van der Waals surface area contributed by atoms with Crippen LogP contribution in [0, 0.1) is 0 Å². The summed E-state index contributed by atoms with van der Waals surface area (Å²) >= 11 is 0. The Morgan fingerprint density at radius 3 is 2.80 bits per heavy atom. The molecule has 0 bridgehead atoms. The van der Waals surface area contributed by atoms with E-state index < -0.39 is 5.60 Å². The second-order valence-electron chi connectivity index (χ2n) is 2.91. The van der Waals surface area contributed by atoms with E-state index in [4.69, 9.17) is 9.47 Å². The highest BCUT2D eigenvalue weighted by molar-refractivity contribution is 4.85. The number of aliphatic hydroxyl groups is 1. The summed E-state index contributed by atoms with van der Waals surface area (Å²) in [6.07, 6.45) is 0.493. The Morgan fingerprint density at radius 2 is 2.40 bits per heavy atom. The fraction of sp³-hybridized carbons (Fsp3) is 1.00. The minimum absolute atomic E-state index is 0.166. The predicted octanol–water partition coefficient (Wildman–Crippen LogP) is 0.173. The third-order valence-electron chi connectivity index (χ3n) is 2.00. The SMILES string of the molecule is CO[C@H]1COCC[C@@]1(C)O. The van der Waals surface area contributed by atoms with E-state index >= 15 is 0 Å². The summed E-state index contributed by atoms with van der Waals surface area (Å²) in [6, 6.07) is 0. The van der Waals surface area contributed by atoms with Crippen LogP contribution >= 0.6 is 0 Å². The molecule has 0 amide bonds. The van der Waals surface area contributed by atoms with E-state index in [9.17, 15) is 5.11 Å². The topological polar surface area (TPSA) is 38.7 Å². The van der Waals surface area contributed by atoms with Crippen molar-refractivity contribution in [3.8, 4) is 0 Å². The van der Waals surface area contributed by atoms with Gasteiger partial charge in [-0.05, 0) is 6.92 Å². The molecular formula is C7H14O3. The summed E-state index contributed by atoms with van der Waals surface area (Å²) < 4.78 is 10.2. The summed E-state index contributed by atoms with van der Waals surface area (Å²) in [5.41, 5.74) is -0.701. The first-order valence-corrected chi connectivity index (χ1v) is 3.50. The summed E-state index contributed by atoms with van der Waals surface area (Å²) in [7, 11) is 1.59. The molecule has 0 spiro atoms. The van der Waals surface area contributed by atoms with Crippen molar-refractivity contribution in [3.05, 3.63) is 0 Å². The second-order valence-corrected chi connectivity index (χ2v) is 2.91. The number of hydrogen-bond acceptors (Lipinski definition) is 3. The average Bonchev–Trinajstić information content (AvgIpc) is 1.87. The Bertz CT molecular complexity index is 111. The smallest absolute Gasteiger partial charge is 0.109 e. The largest absolute Gasteiger partial charge is 0.387 e. The van der Waals surface area contributed by atoms with Crippen LogP contribution in [0.25, 0.3) is 0 Å². The molecule has 1 rings (SSSR count). The maximum atomic E-state index is 9.63. The average molecular weight is 146 g/mol. The lowest BCUT2D eigenvalue weighted by molar-refractivity contribution is -0.155. The third kappa shape index (κ3) is 1.48. The first-order valence-electron chi connectivity index (χ1n) is 3.50. The van der Waals surface area contributed by atoms with Gasteiger partial charge in [-0.2, -0.15) is 0 Å². The minimum Gasteiger partial charge on any atom is -0.387 e. The van der Waals surface area contributed by atoms with E-state index in [-0.39, 0.29) is 6.10 Å². The van der Waals surface area contributed by atoms with E-state index in [1.807, 2.05) is 0 Å². The molecule has 60 valence electrons. The maximum absolute atomic E-state index is 9.63. The van der Waals surface area contributed by atoms with Crippen LogP contribution in [0.5, 0.6) is 0 Å². The van der Waals surface area contributed by atoms with Crippen molar-refractivity contribution in [3.63, 3.8) is 0 Å². The first-order chi connectivity index (χ1) is 4.67. The predicted molar refractivity (Wildman–Crippen MR) is 36.9 cm³/mol. The quantitative estimate of drug-likeness (QED) is 0.573. The van der Waals surface area contributed by atoms with Gasteiger partial charge in [0.1, 0.15) is 6.10 Å². The van der Waals surface area contributed by atoms with Crippen molar-refractivity contribution < 1.29 is 14.6 Å². The van der Waals surface area contributed by atoms with Gasteiger partial charge in [-0.25, -0.2) is 0 Å². The molecule has 0 aromatic rings. The number of ether oxygens (including phenoxy) is 2. The lowest BCUT2D eigenvalue weighted by atomic mass is 9.94. The van der Waals surface area contributed by atoms with E-state index in [2.05, 4.69) is 0 Å². The molecule has 1 heterocycles. The molecule has 10 heavy (non-hydrogen) atoms. The van der Waals surface area contributed by atoms with Gasteiger partial charge in [-0.3, -0.25) is 0 Å². The van der Waals surface area contributed by atoms with Crippen LogP contribution < -0.4 is 0 Å². The van der Waals surface area contributed by atoms with Crippen LogP contribution in [0.2, 0.25) is 0 Å². The van der Waals surface area contributed by atoms with E-state index in [1.165, 1.54) is 0 Å². The van der Waals surface area contributed by atoms with Crippen molar-refractivity contribution in [1.29, 1.82) is 0 Å². The molecule has 1 aliphatic heterocycles. The zero-order valence-corrected chi connectivity index (χ0v) is 6.46. The molecule has 0 aromatic heterocycles. The fourth-order valence-electron chi connectivity index (χ4n) is 1.13. The maximum Gasteiger partial charge on any atom is 0.109 e. The molecule has 0 radical (unpaired) electrons. The van der Waals surface area contributed by atoms with Gasteiger partial charge in [0.2, 0.25) is 0 Å². The minimum atomic E-state index is -0.701. The van der Waals surface area contributed by atoms with E-state index in [1.54, 1.807) is 14.0 Å². The van der Waals surface area contributed by atoms with Gasteiger partial charge in [-0.1, -0.05) is 0 Å². The fourth-order valence-corrected chi connectivity index (χ4v) is 1.13. The summed E-state index contributed by atoms with van der Waals surface area (Å²) in [5, 5.41) is 9.63. The Labute approximate surface area is 60.9 Å². The lowest BCUT2D eigenvalue weighted by Crippen LogP contribution is -2.48. The molecule has 3 heteroatoms. The molecule has 0 aromatic carbocycles. The summed E-state index contributed by atoms with van der Waals surface area (Å²) in [4.78, 5) is 0. The van der Waals surface area contributed by atoms with Crippen molar-refractivity contribution in [2.24, 2.45) is 0 Å². The molecule has 1 saturated heterocycles. The van der Waals surface area contributed by atoms with E-state index in [0.29, 0.717) is 19.6 Å². The molecule has 0 aliphatic carbocycles. The standard InChI is InChI=1S/C7H14O3/c1-7(8)3-4-10-5-6(7)9-2/h6,8H,3-5H2,1-2H3/t6-,7+/m0/s1. The van der Waals surface area contributed by atoms with Gasteiger partial charge in [0.25, 0.3) is 0 Å². The van der Waals surface area contributed by atoms with Gasteiger partial charge >= 0.3 is 0 Å². The van der Waals surface area contributed by atoms with Gasteiger partial charge in [0.15, 0.2) is 0 Å². The molecule has 1 fully saturated rings. The molecule has 2 atom stereocenters. The van der Waals surface area contributed by atoms with Crippen LogP contribution in [0.4, 0.5) is 0 Å². The van der Waals surface area contributed by atoms with E-state index in [0.717, 1.165) is 0 Å². The monoisotopic (exact) mass is 146 g/mol. The Balaban J connectivity index is 2.51. The second kappa shape index (κ2) is 2.86. The molecule has 0 saturated carbocycles. The Morgan fingerprint density at radius 1 is 1.70 bits per heavy atom.